The lowest BCUT2D eigenvalue weighted by Crippen LogP contribution is -2.40. The second-order valence-electron chi connectivity index (χ2n) is 4.97. The van der Waals surface area contributed by atoms with E-state index in [-0.39, 0.29) is 5.41 Å². The molecule has 1 fully saturated rings. The Morgan fingerprint density at radius 2 is 2.00 bits per heavy atom. The van der Waals surface area contributed by atoms with Crippen LogP contribution in [0.5, 0.6) is 11.5 Å². The average molecular weight is 247 g/mol. The van der Waals surface area contributed by atoms with Gasteiger partial charge in [0.05, 0.1) is 0 Å². The highest BCUT2D eigenvalue weighted by Gasteiger charge is 2.34. The highest BCUT2D eigenvalue weighted by molar-refractivity contribution is 5.55. The van der Waals surface area contributed by atoms with Gasteiger partial charge in [-0.25, -0.2) is 0 Å². The number of nitrogens with one attached hydrogen (secondary N) is 1. The van der Waals surface area contributed by atoms with Crippen LogP contribution in [-0.2, 0) is 10.2 Å². The van der Waals surface area contributed by atoms with Crippen molar-refractivity contribution in [3.05, 3.63) is 23.8 Å². The predicted molar refractivity (Wildman–Crippen MR) is 67.0 cm³/mol. The lowest BCUT2D eigenvalue weighted by molar-refractivity contribution is -0.109. The lowest BCUT2D eigenvalue weighted by Gasteiger charge is -2.37. The molecule has 0 radical (unpaired) electrons. The first-order chi connectivity index (χ1) is 8.84. The van der Waals surface area contributed by atoms with E-state index in [1.807, 2.05) is 12.1 Å². The molecule has 18 heavy (non-hydrogen) atoms. The Labute approximate surface area is 106 Å². The molecule has 0 saturated carbocycles. The van der Waals surface area contributed by atoms with E-state index in [1.54, 1.807) is 0 Å². The second-order valence-corrected chi connectivity index (χ2v) is 4.97. The topological polar surface area (TPSA) is 47.6 Å². The van der Waals surface area contributed by atoms with Gasteiger partial charge in [0, 0.05) is 11.8 Å². The van der Waals surface area contributed by atoms with Crippen molar-refractivity contribution >= 4 is 6.29 Å². The molecule has 1 N–H and O–H groups in total. The molecule has 0 unspecified atom stereocenters. The first-order valence-electron chi connectivity index (χ1n) is 6.39. The monoisotopic (exact) mass is 247 g/mol. The quantitative estimate of drug-likeness (QED) is 0.825. The van der Waals surface area contributed by atoms with Gasteiger partial charge in [0.2, 0.25) is 6.79 Å². The summed E-state index contributed by atoms with van der Waals surface area (Å²) in [6.45, 7) is 2.21. The molecule has 0 aromatic heterocycles. The van der Waals surface area contributed by atoms with Gasteiger partial charge in [0.1, 0.15) is 6.29 Å². The van der Waals surface area contributed by atoms with Crippen LogP contribution in [0.1, 0.15) is 24.8 Å². The van der Waals surface area contributed by atoms with Gasteiger partial charge in [0.15, 0.2) is 11.5 Å². The van der Waals surface area contributed by atoms with E-state index >= 15 is 0 Å². The van der Waals surface area contributed by atoms with Crippen LogP contribution < -0.4 is 14.8 Å². The molecule has 0 atom stereocenters. The van der Waals surface area contributed by atoms with Crippen molar-refractivity contribution in [3.8, 4) is 11.5 Å². The van der Waals surface area contributed by atoms with Crippen LogP contribution >= 0.6 is 0 Å². The van der Waals surface area contributed by atoms with Gasteiger partial charge >= 0.3 is 0 Å². The number of benzene rings is 1. The number of ether oxygens (including phenoxy) is 2. The van der Waals surface area contributed by atoms with Crippen LogP contribution in [0.15, 0.2) is 18.2 Å². The molecule has 0 bridgehead atoms. The molecule has 2 heterocycles. The molecule has 1 aromatic rings. The number of carbonyl (C=O) groups excluding carboxylic acids is 1. The standard InChI is InChI=1S/C14H17NO3/c16-8-5-14(3-6-15-7-4-14)11-1-2-12-13(9-11)18-10-17-12/h1-2,8-9,15H,3-7,10H2. The maximum atomic E-state index is 11.0. The molecule has 1 saturated heterocycles. The fraction of sp³-hybridized carbons (Fsp3) is 0.500. The Balaban J connectivity index is 1.96. The smallest absolute Gasteiger partial charge is 0.231 e. The summed E-state index contributed by atoms with van der Waals surface area (Å²) >= 11 is 0. The Morgan fingerprint density at radius 3 is 2.78 bits per heavy atom. The van der Waals surface area contributed by atoms with Gasteiger partial charge in [-0.1, -0.05) is 6.07 Å². The zero-order valence-electron chi connectivity index (χ0n) is 10.3. The van der Waals surface area contributed by atoms with Crippen molar-refractivity contribution in [3.63, 3.8) is 0 Å². The average Bonchev–Trinajstić information content (AvgIpc) is 2.87. The fourth-order valence-electron chi connectivity index (χ4n) is 2.90. The molecule has 0 amide bonds. The van der Waals surface area contributed by atoms with Crippen molar-refractivity contribution in [2.75, 3.05) is 19.9 Å². The van der Waals surface area contributed by atoms with Crippen LogP contribution in [0.25, 0.3) is 0 Å². The van der Waals surface area contributed by atoms with E-state index in [0.29, 0.717) is 13.2 Å². The van der Waals surface area contributed by atoms with Gasteiger partial charge in [-0.3, -0.25) is 0 Å². The van der Waals surface area contributed by atoms with Gasteiger partial charge in [-0.15, -0.1) is 0 Å². The summed E-state index contributed by atoms with van der Waals surface area (Å²) in [7, 11) is 0. The normalized spacial score (nSPS) is 20.7. The maximum Gasteiger partial charge on any atom is 0.231 e. The van der Waals surface area contributed by atoms with E-state index < -0.39 is 0 Å². The number of aldehydes is 1. The van der Waals surface area contributed by atoms with E-state index in [2.05, 4.69) is 11.4 Å². The molecule has 4 nitrogen and oxygen atoms in total. The summed E-state index contributed by atoms with van der Waals surface area (Å²) in [4.78, 5) is 11.0. The molecule has 0 spiro atoms. The van der Waals surface area contributed by atoms with Crippen LogP contribution in [0.2, 0.25) is 0 Å². The summed E-state index contributed by atoms with van der Waals surface area (Å²) < 4.78 is 10.8. The van der Waals surface area contributed by atoms with Gasteiger partial charge in [-0.2, -0.15) is 0 Å². The Bertz CT molecular complexity index is 452. The van der Waals surface area contributed by atoms with Crippen molar-refractivity contribution in [1.82, 2.24) is 5.32 Å². The molecule has 96 valence electrons. The summed E-state index contributed by atoms with van der Waals surface area (Å²) in [6, 6.07) is 6.06. The summed E-state index contributed by atoms with van der Waals surface area (Å²) in [5.41, 5.74) is 1.16. The van der Waals surface area contributed by atoms with Crippen molar-refractivity contribution in [1.29, 1.82) is 0 Å². The molecule has 1 aromatic carbocycles. The number of fused-ring (bicyclic) bond motifs is 1. The van der Waals surface area contributed by atoms with Gasteiger partial charge in [0.25, 0.3) is 0 Å². The summed E-state index contributed by atoms with van der Waals surface area (Å²) in [6.07, 6.45) is 3.60. The molecule has 0 aliphatic carbocycles. The third-order valence-corrected chi connectivity index (χ3v) is 4.02. The van der Waals surface area contributed by atoms with Crippen molar-refractivity contribution < 1.29 is 14.3 Å². The zero-order valence-corrected chi connectivity index (χ0v) is 10.3. The zero-order chi connectivity index (χ0) is 12.4. The maximum absolute atomic E-state index is 11.0. The first-order valence-corrected chi connectivity index (χ1v) is 6.39. The Morgan fingerprint density at radius 1 is 1.22 bits per heavy atom. The fourth-order valence-corrected chi connectivity index (χ4v) is 2.90. The number of hydrogen-bond donors (Lipinski definition) is 1. The molecule has 3 rings (SSSR count). The lowest BCUT2D eigenvalue weighted by atomic mass is 9.71. The Kier molecular flexibility index (Phi) is 2.96. The largest absolute Gasteiger partial charge is 0.454 e. The summed E-state index contributed by atoms with van der Waals surface area (Å²) in [5, 5.41) is 3.35. The van der Waals surface area contributed by atoms with E-state index in [4.69, 9.17) is 9.47 Å². The van der Waals surface area contributed by atoms with Crippen molar-refractivity contribution in [2.45, 2.75) is 24.7 Å². The highest BCUT2D eigenvalue weighted by atomic mass is 16.7. The Hall–Kier alpha value is -1.55. The molecule has 2 aliphatic rings. The first kappa shape index (κ1) is 11.5. The van der Waals surface area contributed by atoms with E-state index in [9.17, 15) is 4.79 Å². The SMILES string of the molecule is O=CCC1(c2ccc3c(c2)OCO3)CCNCC1. The minimum absolute atomic E-state index is 0.0337. The highest BCUT2D eigenvalue weighted by Crippen LogP contribution is 2.41. The van der Waals surface area contributed by atoms with Crippen LogP contribution in [0.3, 0.4) is 0 Å². The number of hydrogen-bond acceptors (Lipinski definition) is 4. The second kappa shape index (κ2) is 4.61. The molecule has 2 aliphatic heterocycles. The summed E-state index contributed by atoms with van der Waals surface area (Å²) in [5.74, 6) is 1.60. The molecular formula is C14H17NO3. The van der Waals surface area contributed by atoms with Crippen LogP contribution in [-0.4, -0.2) is 26.2 Å². The minimum atomic E-state index is -0.0337. The molecule has 4 heteroatoms. The third kappa shape index (κ3) is 1.86. The predicted octanol–water partition coefficient (Wildman–Crippen LogP) is 1.63. The van der Waals surface area contributed by atoms with Crippen molar-refractivity contribution in [2.24, 2.45) is 0 Å². The van der Waals surface area contributed by atoms with Gasteiger partial charge in [-0.05, 0) is 43.6 Å². The third-order valence-electron chi connectivity index (χ3n) is 4.02. The number of rotatable bonds is 3. The minimum Gasteiger partial charge on any atom is -0.454 e. The number of piperidine rings is 1. The van der Waals surface area contributed by atoms with E-state index in [1.165, 1.54) is 5.56 Å². The number of carbonyl (C=O) groups is 1. The molecular weight excluding hydrogens is 230 g/mol. The van der Waals surface area contributed by atoms with Gasteiger partial charge < -0.3 is 19.6 Å². The van der Waals surface area contributed by atoms with Crippen LogP contribution in [0.4, 0.5) is 0 Å². The van der Waals surface area contributed by atoms with E-state index in [0.717, 1.165) is 43.7 Å². The van der Waals surface area contributed by atoms with Crippen LogP contribution in [0, 0.1) is 0 Å².